The Morgan fingerprint density at radius 1 is 1.38 bits per heavy atom. The van der Waals surface area contributed by atoms with Crippen molar-refractivity contribution < 1.29 is 30.5 Å². The molecule has 2 atom stereocenters. The summed E-state index contributed by atoms with van der Waals surface area (Å²) in [6.07, 6.45) is -3.42. The number of nitriles is 1. The zero-order valence-corrected chi connectivity index (χ0v) is 11.7. The van der Waals surface area contributed by atoms with Gasteiger partial charge in [0.1, 0.15) is 16.7 Å². The minimum absolute atomic E-state index is 0.465. The van der Waals surface area contributed by atoms with E-state index in [0.717, 1.165) is 16.2 Å². The van der Waals surface area contributed by atoms with Crippen molar-refractivity contribution in [3.8, 4) is 6.19 Å². The van der Waals surface area contributed by atoms with Crippen LogP contribution in [-0.4, -0.2) is 26.7 Å². The SMILES string of the molecule is CC(c1cccnc1C(F)(F)C(F)(F)F)S(O)=[N+](C)C#N. The van der Waals surface area contributed by atoms with Gasteiger partial charge in [0.15, 0.2) is 5.26 Å². The minimum Gasteiger partial charge on any atom is -0.305 e. The highest BCUT2D eigenvalue weighted by atomic mass is 32.2. The molecule has 0 radical (unpaired) electrons. The van der Waals surface area contributed by atoms with Crippen molar-refractivity contribution in [3.63, 3.8) is 0 Å². The molecule has 1 heterocycles. The van der Waals surface area contributed by atoms with Crippen LogP contribution in [0.25, 0.3) is 0 Å². The molecule has 116 valence electrons. The van der Waals surface area contributed by atoms with Gasteiger partial charge < -0.3 is 4.55 Å². The largest absolute Gasteiger partial charge is 0.467 e. The van der Waals surface area contributed by atoms with E-state index in [1.54, 1.807) is 6.19 Å². The zero-order valence-electron chi connectivity index (χ0n) is 10.9. The Morgan fingerprint density at radius 2 is 1.95 bits per heavy atom. The fraction of sp³-hybridized carbons (Fsp3) is 0.455. The number of pyridine rings is 1. The molecule has 0 saturated carbocycles. The minimum atomic E-state index is -5.80. The maximum atomic E-state index is 13.5. The summed E-state index contributed by atoms with van der Waals surface area (Å²) in [7, 11) is -0.659. The highest BCUT2D eigenvalue weighted by Crippen LogP contribution is 2.45. The second kappa shape index (κ2) is 6.03. The summed E-state index contributed by atoms with van der Waals surface area (Å²) in [6.45, 7) is 1.24. The molecule has 1 rings (SSSR count). The molecule has 1 aromatic heterocycles. The van der Waals surface area contributed by atoms with Crippen LogP contribution in [0.4, 0.5) is 22.0 Å². The average Bonchev–Trinajstić information content (AvgIpc) is 2.43. The smallest absolute Gasteiger partial charge is 0.305 e. The van der Waals surface area contributed by atoms with E-state index in [9.17, 15) is 26.5 Å². The topological polar surface area (TPSA) is 59.9 Å². The van der Waals surface area contributed by atoms with Crippen LogP contribution in [0.2, 0.25) is 0 Å². The molecule has 0 aromatic carbocycles. The molecular formula is C11H11F5N3OS+. The highest BCUT2D eigenvalue weighted by molar-refractivity contribution is 7.79. The Labute approximate surface area is 119 Å². The van der Waals surface area contributed by atoms with Crippen LogP contribution in [0.5, 0.6) is 0 Å². The van der Waals surface area contributed by atoms with Crippen LogP contribution in [0.3, 0.4) is 0 Å². The average molecular weight is 328 g/mol. The van der Waals surface area contributed by atoms with Gasteiger partial charge in [0, 0.05) is 6.20 Å². The molecule has 0 bridgehead atoms. The van der Waals surface area contributed by atoms with Gasteiger partial charge in [-0.05, 0) is 18.6 Å². The Balaban J connectivity index is 3.46. The number of rotatable bonds is 3. The van der Waals surface area contributed by atoms with Crippen LogP contribution in [0, 0.1) is 11.5 Å². The van der Waals surface area contributed by atoms with Crippen molar-refractivity contribution in [1.29, 1.82) is 5.26 Å². The van der Waals surface area contributed by atoms with Gasteiger partial charge in [-0.3, -0.25) is 4.98 Å². The fourth-order valence-electron chi connectivity index (χ4n) is 1.53. The van der Waals surface area contributed by atoms with E-state index in [0.29, 0.717) is 0 Å². The first kappa shape index (κ1) is 17.5. The molecule has 4 nitrogen and oxygen atoms in total. The van der Waals surface area contributed by atoms with Gasteiger partial charge in [-0.1, -0.05) is 6.07 Å². The van der Waals surface area contributed by atoms with Crippen molar-refractivity contribution in [2.45, 2.75) is 24.3 Å². The first-order valence-corrected chi connectivity index (χ1v) is 6.70. The lowest BCUT2D eigenvalue weighted by Crippen LogP contribution is -2.36. The van der Waals surface area contributed by atoms with E-state index >= 15 is 0 Å². The molecule has 1 N–H and O–H groups in total. The van der Waals surface area contributed by atoms with E-state index in [4.69, 9.17) is 5.26 Å². The second-order valence-electron chi connectivity index (χ2n) is 4.05. The van der Waals surface area contributed by atoms with Crippen molar-refractivity contribution in [1.82, 2.24) is 4.98 Å². The highest BCUT2D eigenvalue weighted by Gasteiger charge is 2.61. The third-order valence-electron chi connectivity index (χ3n) is 2.67. The Bertz CT molecular complexity index is 609. The summed E-state index contributed by atoms with van der Waals surface area (Å²) in [4.78, 5) is 3.13. The van der Waals surface area contributed by atoms with Gasteiger partial charge >= 0.3 is 18.3 Å². The first-order valence-electron chi connectivity index (χ1n) is 5.49. The summed E-state index contributed by atoms with van der Waals surface area (Å²) in [5, 5.41) is 7.49. The molecule has 0 aliphatic rings. The van der Waals surface area contributed by atoms with E-state index in [1.807, 2.05) is 0 Å². The van der Waals surface area contributed by atoms with Crippen molar-refractivity contribution in [2.24, 2.45) is 0 Å². The molecule has 0 aliphatic heterocycles. The summed E-state index contributed by atoms with van der Waals surface area (Å²) >= 11 is 0. The lowest BCUT2D eigenvalue weighted by Gasteiger charge is -2.23. The molecule has 0 spiro atoms. The predicted molar refractivity (Wildman–Crippen MR) is 64.4 cm³/mol. The number of aromatic nitrogens is 1. The molecule has 1 aromatic rings. The van der Waals surface area contributed by atoms with Gasteiger partial charge in [0.2, 0.25) is 0 Å². The third kappa shape index (κ3) is 3.36. The predicted octanol–water partition coefficient (Wildman–Crippen LogP) is 3.19. The molecule has 21 heavy (non-hydrogen) atoms. The van der Waals surface area contributed by atoms with Crippen LogP contribution in [-0.2, 0) is 16.9 Å². The number of hydrogen-bond acceptors (Lipinski definition) is 2. The van der Waals surface area contributed by atoms with Crippen LogP contribution >= 0.6 is 0 Å². The van der Waals surface area contributed by atoms with E-state index in [2.05, 4.69) is 4.98 Å². The van der Waals surface area contributed by atoms with E-state index in [1.165, 1.54) is 20.0 Å². The summed E-state index contributed by atoms with van der Waals surface area (Å²) < 4.78 is 75.0. The van der Waals surface area contributed by atoms with Crippen LogP contribution in [0.15, 0.2) is 18.3 Å². The van der Waals surface area contributed by atoms with Crippen LogP contribution < -0.4 is 0 Å². The number of halogens is 5. The molecule has 0 saturated heterocycles. The summed E-state index contributed by atoms with van der Waals surface area (Å²) in [5.41, 5.74) is -1.93. The Hall–Kier alpha value is -1.60. The van der Waals surface area contributed by atoms with Gasteiger partial charge in [-0.15, -0.1) is 3.95 Å². The lowest BCUT2D eigenvalue weighted by molar-refractivity contribution is -0.379. The van der Waals surface area contributed by atoms with Gasteiger partial charge in [0.25, 0.3) is 0 Å². The molecule has 2 unspecified atom stereocenters. The van der Waals surface area contributed by atoms with Gasteiger partial charge in [-0.2, -0.15) is 22.0 Å². The quantitative estimate of drug-likeness (QED) is 0.401. The van der Waals surface area contributed by atoms with E-state index in [-0.39, 0.29) is 0 Å². The summed E-state index contributed by atoms with van der Waals surface area (Å²) in [5.74, 6) is -5.15. The number of alkyl halides is 5. The molecule has 0 amide bonds. The monoisotopic (exact) mass is 328 g/mol. The maximum absolute atomic E-state index is 13.5. The second-order valence-corrected chi connectivity index (χ2v) is 5.89. The van der Waals surface area contributed by atoms with Gasteiger partial charge in [0.05, 0.1) is 12.3 Å². The van der Waals surface area contributed by atoms with Crippen molar-refractivity contribution in [2.75, 3.05) is 7.05 Å². The maximum Gasteiger partial charge on any atom is 0.467 e. The molecule has 0 fully saturated rings. The third-order valence-corrected chi connectivity index (χ3v) is 4.20. The number of nitrogens with zero attached hydrogens (tertiary/aromatic N) is 3. The molecule has 0 aliphatic carbocycles. The molecular weight excluding hydrogens is 317 g/mol. The Kier molecular flexibility index (Phi) is 5.01. The van der Waals surface area contributed by atoms with Gasteiger partial charge in [-0.25, -0.2) is 0 Å². The standard InChI is InChI=1S/C11H10F5N3OS/c1-7(21(20)19(2)6-17)8-4-3-5-18-9(8)10(12,13)11(14,15)16/h3-5,7H,1-2H3/p+1. The van der Waals surface area contributed by atoms with Crippen molar-refractivity contribution >= 4 is 11.0 Å². The fourth-order valence-corrected chi connectivity index (χ4v) is 2.51. The van der Waals surface area contributed by atoms with Crippen molar-refractivity contribution in [3.05, 3.63) is 29.6 Å². The normalized spacial score (nSPS) is 16.0. The molecule has 10 heteroatoms. The van der Waals surface area contributed by atoms with Crippen LogP contribution in [0.1, 0.15) is 23.4 Å². The Morgan fingerprint density at radius 3 is 2.43 bits per heavy atom. The van der Waals surface area contributed by atoms with E-state index < -0.39 is 39.6 Å². The first-order chi connectivity index (χ1) is 9.54. The number of hydrogen-bond donors (Lipinski definition) is 1. The summed E-state index contributed by atoms with van der Waals surface area (Å²) in [6, 6.07) is 2.21. The lowest BCUT2D eigenvalue weighted by atomic mass is 10.1. The zero-order chi connectivity index (χ0) is 16.4.